The molecule has 2 aromatic carbocycles. The number of halogens is 2. The second-order valence-electron chi connectivity index (χ2n) is 7.09. The van der Waals surface area contributed by atoms with E-state index in [4.69, 9.17) is 32.7 Å². The molecular weight excluding hydrogens is 437 g/mol. The highest BCUT2D eigenvalue weighted by Gasteiger charge is 2.12. The van der Waals surface area contributed by atoms with Gasteiger partial charge in [0.15, 0.2) is 0 Å². The predicted octanol–water partition coefficient (Wildman–Crippen LogP) is 5.21. The Balaban J connectivity index is 1.57. The predicted molar refractivity (Wildman–Crippen MR) is 122 cm³/mol. The van der Waals surface area contributed by atoms with E-state index < -0.39 is 0 Å². The molecule has 6 nitrogen and oxygen atoms in total. The number of carbonyl (C=O) groups excluding carboxylic acids is 1. The van der Waals surface area contributed by atoms with E-state index in [-0.39, 0.29) is 12.5 Å². The maximum atomic E-state index is 12.6. The number of methoxy groups -OCH3 is 1. The molecule has 0 aliphatic rings. The highest BCUT2D eigenvalue weighted by molar-refractivity contribution is 6.31. The molecule has 164 valence electrons. The Morgan fingerprint density at radius 1 is 1.13 bits per heavy atom. The highest BCUT2D eigenvalue weighted by Crippen LogP contribution is 2.23. The van der Waals surface area contributed by atoms with Crippen LogP contribution < -0.4 is 14.8 Å². The lowest BCUT2D eigenvalue weighted by molar-refractivity contribution is 0.0952. The van der Waals surface area contributed by atoms with Gasteiger partial charge in [-0.2, -0.15) is 5.10 Å². The molecule has 0 fully saturated rings. The van der Waals surface area contributed by atoms with E-state index in [2.05, 4.69) is 10.4 Å². The number of hydrogen-bond acceptors (Lipinski definition) is 4. The minimum absolute atomic E-state index is 0.151. The number of carbonyl (C=O) groups is 1. The fourth-order valence-corrected chi connectivity index (χ4v) is 3.41. The largest absolute Gasteiger partial charge is 0.496 e. The van der Waals surface area contributed by atoms with Crippen LogP contribution in [0.5, 0.6) is 11.5 Å². The first-order chi connectivity index (χ1) is 14.9. The summed E-state index contributed by atoms with van der Waals surface area (Å²) in [6, 6.07) is 12.4. The number of aryl methyl sites for hydroxylation is 2. The molecule has 0 atom stereocenters. The lowest BCUT2D eigenvalue weighted by Gasteiger charge is -2.13. The molecule has 1 heterocycles. The molecule has 1 N–H and O–H groups in total. The third-order valence-corrected chi connectivity index (χ3v) is 5.67. The van der Waals surface area contributed by atoms with E-state index in [0.29, 0.717) is 40.2 Å². The fourth-order valence-electron chi connectivity index (χ4n) is 3.15. The molecule has 8 heteroatoms. The van der Waals surface area contributed by atoms with Crippen molar-refractivity contribution in [2.45, 2.75) is 33.4 Å². The SMILES string of the molecule is COc1ccc(C(=O)NCCCn2nc(C)c(Cl)c2C)cc1COc1ccc(Cl)cc1. The molecule has 0 saturated heterocycles. The zero-order valence-corrected chi connectivity index (χ0v) is 19.3. The zero-order valence-electron chi connectivity index (χ0n) is 17.7. The molecule has 3 rings (SSSR count). The van der Waals surface area contributed by atoms with Gasteiger partial charge in [-0.25, -0.2) is 0 Å². The summed E-state index contributed by atoms with van der Waals surface area (Å²) in [4.78, 5) is 12.6. The number of ether oxygens (including phenoxy) is 2. The van der Waals surface area contributed by atoms with Gasteiger partial charge in [0.05, 0.1) is 23.5 Å². The number of rotatable bonds is 9. The van der Waals surface area contributed by atoms with E-state index >= 15 is 0 Å². The molecule has 3 aromatic rings. The van der Waals surface area contributed by atoms with E-state index in [1.165, 1.54) is 0 Å². The Labute approximate surface area is 192 Å². The van der Waals surface area contributed by atoms with E-state index in [9.17, 15) is 4.79 Å². The van der Waals surface area contributed by atoms with Crippen molar-refractivity contribution in [3.63, 3.8) is 0 Å². The Morgan fingerprint density at radius 3 is 2.52 bits per heavy atom. The molecule has 0 radical (unpaired) electrons. The van der Waals surface area contributed by atoms with Crippen molar-refractivity contribution in [3.8, 4) is 11.5 Å². The molecule has 31 heavy (non-hydrogen) atoms. The Morgan fingerprint density at radius 2 is 1.87 bits per heavy atom. The van der Waals surface area contributed by atoms with Crippen molar-refractivity contribution in [3.05, 3.63) is 75.0 Å². The van der Waals surface area contributed by atoms with Gasteiger partial charge >= 0.3 is 0 Å². The fraction of sp³-hybridized carbons (Fsp3) is 0.304. The van der Waals surface area contributed by atoms with Gasteiger partial charge in [0.25, 0.3) is 5.91 Å². The average molecular weight is 462 g/mol. The van der Waals surface area contributed by atoms with Crippen LogP contribution in [0.1, 0.15) is 33.7 Å². The summed E-state index contributed by atoms with van der Waals surface area (Å²) in [6.45, 7) is 5.29. The van der Waals surface area contributed by atoms with Gasteiger partial charge in [-0.15, -0.1) is 0 Å². The molecule has 0 aliphatic carbocycles. The Kier molecular flexibility index (Phi) is 7.82. The molecule has 1 aromatic heterocycles. The number of hydrogen-bond donors (Lipinski definition) is 1. The summed E-state index contributed by atoms with van der Waals surface area (Å²) in [5.41, 5.74) is 3.08. The van der Waals surface area contributed by atoms with Crippen molar-refractivity contribution < 1.29 is 14.3 Å². The number of benzene rings is 2. The monoisotopic (exact) mass is 461 g/mol. The van der Waals surface area contributed by atoms with Crippen LogP contribution in [0, 0.1) is 13.8 Å². The Hall–Kier alpha value is -2.70. The third-order valence-electron chi connectivity index (χ3n) is 4.88. The standard InChI is InChI=1S/C23H25Cl2N3O3/c1-15-22(25)16(2)28(27-15)12-4-11-26-23(29)17-5-10-21(30-3)18(13-17)14-31-20-8-6-19(24)7-9-20/h5-10,13H,4,11-12,14H2,1-3H3,(H,26,29). The second-order valence-corrected chi connectivity index (χ2v) is 7.90. The van der Waals surface area contributed by atoms with Crippen LogP contribution in [-0.2, 0) is 13.2 Å². The first-order valence-corrected chi connectivity index (χ1v) is 10.7. The summed E-state index contributed by atoms with van der Waals surface area (Å²) < 4.78 is 13.1. The third kappa shape index (κ3) is 5.93. The smallest absolute Gasteiger partial charge is 0.251 e. The minimum Gasteiger partial charge on any atom is -0.496 e. The van der Waals surface area contributed by atoms with Crippen LogP contribution in [-0.4, -0.2) is 29.3 Å². The molecular formula is C23H25Cl2N3O3. The van der Waals surface area contributed by atoms with Crippen LogP contribution >= 0.6 is 23.2 Å². The topological polar surface area (TPSA) is 65.4 Å². The van der Waals surface area contributed by atoms with Gasteiger partial charge in [-0.3, -0.25) is 9.48 Å². The van der Waals surface area contributed by atoms with Crippen LogP contribution in [0.25, 0.3) is 0 Å². The summed E-state index contributed by atoms with van der Waals surface area (Å²) in [6.07, 6.45) is 0.743. The van der Waals surface area contributed by atoms with Crippen LogP contribution in [0.4, 0.5) is 0 Å². The van der Waals surface area contributed by atoms with Crippen LogP contribution in [0.15, 0.2) is 42.5 Å². The van der Waals surface area contributed by atoms with Crippen molar-refractivity contribution in [2.24, 2.45) is 0 Å². The van der Waals surface area contributed by atoms with E-state index in [0.717, 1.165) is 23.4 Å². The average Bonchev–Trinajstić information content (AvgIpc) is 3.02. The zero-order chi connectivity index (χ0) is 22.4. The van der Waals surface area contributed by atoms with Gasteiger partial charge in [-0.05, 0) is 62.7 Å². The Bertz CT molecular complexity index is 1050. The second kappa shape index (κ2) is 10.6. The van der Waals surface area contributed by atoms with Crippen molar-refractivity contribution >= 4 is 29.1 Å². The van der Waals surface area contributed by atoms with Gasteiger partial charge < -0.3 is 14.8 Å². The van der Waals surface area contributed by atoms with Gasteiger partial charge in [-0.1, -0.05) is 23.2 Å². The number of nitrogens with one attached hydrogen (secondary N) is 1. The molecule has 0 spiro atoms. The van der Waals surface area contributed by atoms with Crippen LogP contribution in [0.2, 0.25) is 10.0 Å². The number of nitrogens with zero attached hydrogens (tertiary/aromatic N) is 2. The molecule has 0 aliphatic heterocycles. The number of amides is 1. The summed E-state index contributed by atoms with van der Waals surface area (Å²) in [5, 5.41) is 8.68. The minimum atomic E-state index is -0.151. The summed E-state index contributed by atoms with van der Waals surface area (Å²) >= 11 is 12.1. The highest BCUT2D eigenvalue weighted by atomic mass is 35.5. The summed E-state index contributed by atoms with van der Waals surface area (Å²) in [7, 11) is 1.59. The summed E-state index contributed by atoms with van der Waals surface area (Å²) in [5.74, 6) is 1.19. The van der Waals surface area contributed by atoms with E-state index in [1.54, 1.807) is 49.6 Å². The van der Waals surface area contributed by atoms with Gasteiger partial charge in [0.1, 0.15) is 18.1 Å². The lowest BCUT2D eigenvalue weighted by Crippen LogP contribution is -2.25. The molecule has 0 bridgehead atoms. The van der Waals surface area contributed by atoms with Gasteiger partial charge in [0, 0.05) is 29.2 Å². The maximum Gasteiger partial charge on any atom is 0.251 e. The first kappa shape index (κ1) is 23.0. The normalized spacial score (nSPS) is 10.7. The van der Waals surface area contributed by atoms with Crippen molar-refractivity contribution in [1.29, 1.82) is 0 Å². The maximum absolute atomic E-state index is 12.6. The molecule has 0 saturated carbocycles. The quantitative estimate of drug-likeness (QED) is 0.443. The van der Waals surface area contributed by atoms with Crippen molar-refractivity contribution in [2.75, 3.05) is 13.7 Å². The molecule has 0 unspecified atom stereocenters. The van der Waals surface area contributed by atoms with Crippen molar-refractivity contribution in [1.82, 2.24) is 15.1 Å². The van der Waals surface area contributed by atoms with Gasteiger partial charge in [0.2, 0.25) is 0 Å². The molecule has 1 amide bonds. The van der Waals surface area contributed by atoms with Crippen LogP contribution in [0.3, 0.4) is 0 Å². The van der Waals surface area contributed by atoms with E-state index in [1.807, 2.05) is 18.5 Å². The first-order valence-electron chi connectivity index (χ1n) is 9.92. The number of aromatic nitrogens is 2. The lowest BCUT2D eigenvalue weighted by atomic mass is 10.1.